The maximum Gasteiger partial charge on any atom is 0.264 e. The van der Waals surface area contributed by atoms with Crippen LogP contribution in [0.25, 0.3) is 0 Å². The Hall–Kier alpha value is -2.49. The highest BCUT2D eigenvalue weighted by Crippen LogP contribution is 2.15. The topological polar surface area (TPSA) is 109 Å². The lowest BCUT2D eigenvalue weighted by Gasteiger charge is -2.14. The average molecular weight is 379 g/mol. The summed E-state index contributed by atoms with van der Waals surface area (Å²) in [6.45, 7) is 3.66. The summed E-state index contributed by atoms with van der Waals surface area (Å²) in [4.78, 5) is 31.6. The van der Waals surface area contributed by atoms with E-state index in [-0.39, 0.29) is 22.6 Å². The molecule has 0 saturated heterocycles. The van der Waals surface area contributed by atoms with Gasteiger partial charge < -0.3 is 10.3 Å². The zero-order chi connectivity index (χ0) is 19.5. The number of hydrogen-bond acceptors (Lipinski definition) is 5. The second-order valence-corrected chi connectivity index (χ2v) is 7.68. The van der Waals surface area contributed by atoms with Crippen molar-refractivity contribution in [2.75, 3.05) is 14.2 Å². The molecule has 1 heterocycles. The Kier molecular flexibility index (Phi) is 5.96. The zero-order valence-corrected chi connectivity index (χ0v) is 15.8. The minimum Gasteiger partial charge on any atom is -0.348 e. The molecule has 1 aromatic heterocycles. The first-order valence-electron chi connectivity index (χ1n) is 7.77. The minimum atomic E-state index is -3.77. The highest BCUT2D eigenvalue weighted by Gasteiger charge is 2.21. The summed E-state index contributed by atoms with van der Waals surface area (Å²) in [5.41, 5.74) is 2.05. The first-order valence-corrected chi connectivity index (χ1v) is 9.21. The van der Waals surface area contributed by atoms with Crippen molar-refractivity contribution in [1.82, 2.24) is 14.8 Å². The number of nitrogens with one attached hydrogen (secondary N) is 2. The summed E-state index contributed by atoms with van der Waals surface area (Å²) < 4.78 is 25.0. The van der Waals surface area contributed by atoms with Gasteiger partial charge in [-0.1, -0.05) is 4.47 Å². The summed E-state index contributed by atoms with van der Waals surface area (Å²) in [6, 6.07) is 7.28. The van der Waals surface area contributed by atoms with Gasteiger partial charge in [0.1, 0.15) is 0 Å². The summed E-state index contributed by atoms with van der Waals surface area (Å²) in [5.74, 6) is -0.409. The molecule has 0 aliphatic carbocycles. The lowest BCUT2D eigenvalue weighted by Crippen LogP contribution is -2.28. The number of hydroxylamine groups is 1. The maximum atomic E-state index is 12.3. The monoisotopic (exact) mass is 379 g/mol. The Morgan fingerprint density at radius 3 is 2.38 bits per heavy atom. The van der Waals surface area contributed by atoms with E-state index in [1.807, 2.05) is 6.07 Å². The van der Waals surface area contributed by atoms with Crippen LogP contribution in [0.1, 0.15) is 27.2 Å². The normalized spacial score (nSPS) is 11.6. The van der Waals surface area contributed by atoms with E-state index < -0.39 is 15.9 Å². The number of pyridine rings is 1. The van der Waals surface area contributed by atoms with Crippen molar-refractivity contribution in [3.05, 3.63) is 63.1 Å². The Morgan fingerprint density at radius 2 is 1.85 bits per heavy atom. The van der Waals surface area contributed by atoms with E-state index in [1.54, 1.807) is 13.8 Å². The molecule has 0 saturated carbocycles. The van der Waals surface area contributed by atoms with Crippen molar-refractivity contribution in [3.8, 4) is 0 Å². The van der Waals surface area contributed by atoms with Crippen LogP contribution in [0.5, 0.6) is 0 Å². The van der Waals surface area contributed by atoms with Crippen LogP contribution in [0.3, 0.4) is 0 Å². The molecule has 0 fully saturated rings. The molecule has 8 nitrogen and oxygen atoms in total. The van der Waals surface area contributed by atoms with Gasteiger partial charge in [0.05, 0.1) is 12.0 Å². The third-order valence-corrected chi connectivity index (χ3v) is 5.62. The number of carbonyl (C=O) groups is 1. The molecule has 0 unspecified atom stereocenters. The summed E-state index contributed by atoms with van der Waals surface area (Å²) in [7, 11) is -1.25. The van der Waals surface area contributed by atoms with Gasteiger partial charge >= 0.3 is 0 Å². The first kappa shape index (κ1) is 19.8. The fourth-order valence-corrected chi connectivity index (χ4v) is 3.37. The standard InChI is InChI=1S/C17H21N3O5S/c1-11-9-12(2)19-17(22)15(11)10-18-16(21)13-5-7-14(8-6-13)26(23,24)20(3)25-4/h5-9H,10H2,1-4H3,(H,18,21)(H,19,22). The predicted molar refractivity (Wildman–Crippen MR) is 96.1 cm³/mol. The highest BCUT2D eigenvalue weighted by molar-refractivity contribution is 7.89. The number of benzene rings is 1. The van der Waals surface area contributed by atoms with Gasteiger partial charge in [0.15, 0.2) is 0 Å². The van der Waals surface area contributed by atoms with Crippen LogP contribution < -0.4 is 10.9 Å². The van der Waals surface area contributed by atoms with Gasteiger partial charge in [0, 0.05) is 30.4 Å². The molecule has 0 atom stereocenters. The molecule has 26 heavy (non-hydrogen) atoms. The highest BCUT2D eigenvalue weighted by atomic mass is 32.2. The van der Waals surface area contributed by atoms with Crippen LogP contribution in [0.4, 0.5) is 0 Å². The van der Waals surface area contributed by atoms with Gasteiger partial charge in [-0.2, -0.15) is 0 Å². The molecule has 0 aliphatic rings. The summed E-state index contributed by atoms with van der Waals surface area (Å²) in [6.07, 6.45) is 0. The second-order valence-electron chi connectivity index (χ2n) is 5.75. The number of nitrogens with zero attached hydrogens (tertiary/aromatic N) is 1. The van der Waals surface area contributed by atoms with E-state index in [1.165, 1.54) is 38.4 Å². The Morgan fingerprint density at radius 1 is 1.23 bits per heavy atom. The number of carbonyl (C=O) groups excluding carboxylic acids is 1. The van der Waals surface area contributed by atoms with Gasteiger partial charge in [0.2, 0.25) is 0 Å². The van der Waals surface area contributed by atoms with Crippen molar-refractivity contribution in [2.45, 2.75) is 25.3 Å². The van der Waals surface area contributed by atoms with E-state index in [0.29, 0.717) is 5.56 Å². The molecule has 0 spiro atoms. The smallest absolute Gasteiger partial charge is 0.264 e. The van der Waals surface area contributed by atoms with E-state index in [0.717, 1.165) is 15.7 Å². The van der Waals surface area contributed by atoms with Gasteiger partial charge in [-0.15, -0.1) is 0 Å². The van der Waals surface area contributed by atoms with Crippen molar-refractivity contribution < 1.29 is 18.0 Å². The fraction of sp³-hybridized carbons (Fsp3) is 0.294. The molecule has 1 amide bonds. The Balaban J connectivity index is 2.13. The fourth-order valence-electron chi connectivity index (χ4n) is 2.40. The van der Waals surface area contributed by atoms with E-state index in [2.05, 4.69) is 10.3 Å². The number of sulfonamides is 1. The molecular weight excluding hydrogens is 358 g/mol. The average Bonchev–Trinajstić information content (AvgIpc) is 2.59. The van der Waals surface area contributed by atoms with Crippen molar-refractivity contribution in [3.63, 3.8) is 0 Å². The van der Waals surface area contributed by atoms with E-state index in [9.17, 15) is 18.0 Å². The zero-order valence-electron chi connectivity index (χ0n) is 15.0. The quantitative estimate of drug-likeness (QED) is 0.731. The number of aromatic nitrogens is 1. The molecule has 140 valence electrons. The van der Waals surface area contributed by atoms with Crippen LogP contribution in [-0.2, 0) is 21.4 Å². The van der Waals surface area contributed by atoms with Crippen molar-refractivity contribution in [2.24, 2.45) is 0 Å². The third-order valence-electron chi connectivity index (χ3n) is 3.93. The molecule has 0 radical (unpaired) electrons. The van der Waals surface area contributed by atoms with Crippen molar-refractivity contribution in [1.29, 1.82) is 0 Å². The molecular formula is C17H21N3O5S. The number of amides is 1. The summed E-state index contributed by atoms with van der Waals surface area (Å²) >= 11 is 0. The molecule has 0 aliphatic heterocycles. The number of aryl methyl sites for hydroxylation is 2. The lowest BCUT2D eigenvalue weighted by molar-refractivity contribution is -0.0258. The third kappa shape index (κ3) is 4.18. The van der Waals surface area contributed by atoms with Gasteiger partial charge in [-0.05, 0) is 49.7 Å². The largest absolute Gasteiger partial charge is 0.348 e. The maximum absolute atomic E-state index is 12.3. The van der Waals surface area contributed by atoms with Gasteiger partial charge in [-0.3, -0.25) is 14.4 Å². The minimum absolute atomic E-state index is 0.00391. The van der Waals surface area contributed by atoms with Crippen LogP contribution in [0, 0.1) is 13.8 Å². The molecule has 1 aromatic carbocycles. The lowest BCUT2D eigenvalue weighted by atomic mass is 10.1. The Bertz CT molecular complexity index is 965. The second kappa shape index (κ2) is 7.81. The Labute approximate surface area is 151 Å². The van der Waals surface area contributed by atoms with Crippen LogP contribution >= 0.6 is 0 Å². The summed E-state index contributed by atoms with van der Waals surface area (Å²) in [5, 5.41) is 2.67. The van der Waals surface area contributed by atoms with Gasteiger partial charge in [-0.25, -0.2) is 8.42 Å². The predicted octanol–water partition coefficient (Wildman–Crippen LogP) is 1.10. The van der Waals surface area contributed by atoms with Crippen LogP contribution in [-0.4, -0.2) is 37.9 Å². The number of hydrogen-bond donors (Lipinski definition) is 2. The molecule has 9 heteroatoms. The van der Waals surface area contributed by atoms with Crippen LogP contribution in [0.15, 0.2) is 40.0 Å². The first-order chi connectivity index (χ1) is 12.2. The molecule has 0 bridgehead atoms. The van der Waals surface area contributed by atoms with Crippen molar-refractivity contribution >= 4 is 15.9 Å². The number of aromatic amines is 1. The number of H-pyrrole nitrogens is 1. The molecule has 2 rings (SSSR count). The van der Waals surface area contributed by atoms with Crippen LogP contribution in [0.2, 0.25) is 0 Å². The van der Waals surface area contributed by atoms with Gasteiger partial charge in [0.25, 0.3) is 21.5 Å². The molecule has 2 N–H and O–H groups in total. The number of rotatable bonds is 6. The molecule has 2 aromatic rings. The SMILES string of the molecule is CON(C)S(=O)(=O)c1ccc(C(=O)NCc2c(C)cc(C)[nH]c2=O)cc1. The van der Waals surface area contributed by atoms with E-state index >= 15 is 0 Å². The van der Waals surface area contributed by atoms with E-state index in [4.69, 9.17) is 4.84 Å².